The standard InChI is InChI=1S/C12H17ClN2O4S/c1-8(2)15(7-12(16)19-3)20(17,18)11-5-4-9(14)6-10(11)13/h4-6,8H,7,14H2,1-3H3. The van der Waals surface area contributed by atoms with Crippen molar-refractivity contribution in [1.29, 1.82) is 0 Å². The summed E-state index contributed by atoms with van der Waals surface area (Å²) in [6.45, 7) is 2.94. The molecule has 0 aliphatic heterocycles. The summed E-state index contributed by atoms with van der Waals surface area (Å²) in [6, 6.07) is 3.69. The van der Waals surface area contributed by atoms with E-state index in [1.165, 1.54) is 25.3 Å². The number of carbonyl (C=O) groups excluding carboxylic acids is 1. The van der Waals surface area contributed by atoms with Crippen LogP contribution < -0.4 is 5.73 Å². The minimum Gasteiger partial charge on any atom is -0.468 e. The van der Waals surface area contributed by atoms with Crippen LogP contribution in [0.15, 0.2) is 23.1 Å². The quantitative estimate of drug-likeness (QED) is 0.656. The number of rotatable bonds is 5. The lowest BCUT2D eigenvalue weighted by atomic mass is 10.3. The van der Waals surface area contributed by atoms with Crippen LogP contribution in [-0.4, -0.2) is 38.4 Å². The van der Waals surface area contributed by atoms with Crippen LogP contribution in [0.2, 0.25) is 5.02 Å². The number of hydrogen-bond acceptors (Lipinski definition) is 5. The van der Waals surface area contributed by atoms with Crippen LogP contribution >= 0.6 is 11.6 Å². The van der Waals surface area contributed by atoms with Crippen molar-refractivity contribution in [3.63, 3.8) is 0 Å². The van der Waals surface area contributed by atoms with Crippen LogP contribution in [0.3, 0.4) is 0 Å². The van der Waals surface area contributed by atoms with Gasteiger partial charge in [-0.15, -0.1) is 0 Å². The number of benzene rings is 1. The third-order valence-electron chi connectivity index (χ3n) is 2.63. The van der Waals surface area contributed by atoms with Crippen molar-refractivity contribution < 1.29 is 17.9 Å². The molecule has 6 nitrogen and oxygen atoms in total. The lowest BCUT2D eigenvalue weighted by molar-refractivity contribution is -0.141. The van der Waals surface area contributed by atoms with Crippen molar-refractivity contribution in [2.75, 3.05) is 19.4 Å². The lowest BCUT2D eigenvalue weighted by Gasteiger charge is -2.25. The van der Waals surface area contributed by atoms with Crippen LogP contribution in [0.1, 0.15) is 13.8 Å². The minimum absolute atomic E-state index is 0.0144. The van der Waals surface area contributed by atoms with E-state index in [0.717, 1.165) is 4.31 Å². The predicted molar refractivity (Wildman–Crippen MR) is 76.9 cm³/mol. The van der Waals surface area contributed by atoms with Crippen LogP contribution in [0.4, 0.5) is 5.69 Å². The number of anilines is 1. The molecule has 8 heteroatoms. The van der Waals surface area contributed by atoms with Gasteiger partial charge < -0.3 is 10.5 Å². The second kappa shape index (κ2) is 6.43. The van der Waals surface area contributed by atoms with Gasteiger partial charge in [-0.2, -0.15) is 4.31 Å². The highest BCUT2D eigenvalue weighted by atomic mass is 35.5. The first-order valence-corrected chi connectivity index (χ1v) is 7.65. The van der Waals surface area contributed by atoms with Gasteiger partial charge in [-0.25, -0.2) is 8.42 Å². The van der Waals surface area contributed by atoms with Crippen LogP contribution in [0.5, 0.6) is 0 Å². The van der Waals surface area contributed by atoms with Crippen molar-refractivity contribution in [1.82, 2.24) is 4.31 Å². The maximum absolute atomic E-state index is 12.6. The Hall–Kier alpha value is -1.31. The fourth-order valence-electron chi connectivity index (χ4n) is 1.59. The molecule has 0 aromatic heterocycles. The molecule has 0 fully saturated rings. The average molecular weight is 321 g/mol. The van der Waals surface area contributed by atoms with Gasteiger partial charge in [0.05, 0.1) is 12.1 Å². The highest BCUT2D eigenvalue weighted by Crippen LogP contribution is 2.27. The molecule has 0 atom stereocenters. The number of halogens is 1. The molecule has 0 unspecified atom stereocenters. The number of carbonyl (C=O) groups is 1. The summed E-state index contributed by atoms with van der Waals surface area (Å²) >= 11 is 5.93. The molecule has 0 radical (unpaired) electrons. The summed E-state index contributed by atoms with van der Waals surface area (Å²) < 4.78 is 30.6. The van der Waals surface area contributed by atoms with E-state index in [4.69, 9.17) is 17.3 Å². The molecule has 0 amide bonds. The van der Waals surface area contributed by atoms with Gasteiger partial charge in [0.2, 0.25) is 10.0 Å². The Morgan fingerprint density at radius 1 is 1.45 bits per heavy atom. The molecule has 0 aliphatic rings. The summed E-state index contributed by atoms with van der Waals surface area (Å²) in [5.74, 6) is -0.645. The second-order valence-corrected chi connectivity index (χ2v) is 6.68. The minimum atomic E-state index is -3.91. The second-order valence-electron chi connectivity index (χ2n) is 4.41. The molecular formula is C12H17ClN2O4S. The average Bonchev–Trinajstić information content (AvgIpc) is 2.34. The summed E-state index contributed by atoms with van der Waals surface area (Å²) in [5, 5.41) is 0.0144. The molecule has 2 N–H and O–H groups in total. The molecule has 0 heterocycles. The van der Waals surface area contributed by atoms with Crippen molar-refractivity contribution in [2.45, 2.75) is 24.8 Å². The van der Waals surface area contributed by atoms with Crippen molar-refractivity contribution >= 4 is 33.3 Å². The Kier molecular flexibility index (Phi) is 5.38. The van der Waals surface area contributed by atoms with E-state index in [9.17, 15) is 13.2 Å². The number of methoxy groups -OCH3 is 1. The van der Waals surface area contributed by atoms with Crippen LogP contribution in [-0.2, 0) is 19.6 Å². The Labute approximate surface area is 123 Å². The first-order chi connectivity index (χ1) is 9.20. The largest absolute Gasteiger partial charge is 0.468 e. The number of nitrogens with zero attached hydrogens (tertiary/aromatic N) is 1. The fraction of sp³-hybridized carbons (Fsp3) is 0.417. The number of nitrogen functional groups attached to an aromatic ring is 1. The number of ether oxygens (including phenoxy) is 1. The number of sulfonamides is 1. The van der Waals surface area contributed by atoms with Gasteiger partial charge in [0.25, 0.3) is 0 Å². The summed E-state index contributed by atoms with van der Waals surface area (Å²) in [4.78, 5) is 11.3. The maximum Gasteiger partial charge on any atom is 0.321 e. The lowest BCUT2D eigenvalue weighted by Crippen LogP contribution is -2.41. The fourth-order valence-corrected chi connectivity index (χ4v) is 3.70. The van der Waals surface area contributed by atoms with Gasteiger partial charge in [0, 0.05) is 11.7 Å². The molecule has 0 spiro atoms. The summed E-state index contributed by atoms with van der Waals surface area (Å²) in [6.07, 6.45) is 0. The third kappa shape index (κ3) is 3.62. The van der Waals surface area contributed by atoms with Crippen molar-refractivity contribution in [3.8, 4) is 0 Å². The first-order valence-electron chi connectivity index (χ1n) is 5.83. The van der Waals surface area contributed by atoms with Gasteiger partial charge in [-0.3, -0.25) is 4.79 Å². The monoisotopic (exact) mass is 320 g/mol. The Balaban J connectivity index is 3.26. The molecule has 1 aromatic rings. The van der Waals surface area contributed by atoms with E-state index in [2.05, 4.69) is 4.74 Å². The van der Waals surface area contributed by atoms with Crippen LogP contribution in [0.25, 0.3) is 0 Å². The van der Waals surface area contributed by atoms with E-state index < -0.39 is 22.0 Å². The van der Waals surface area contributed by atoms with E-state index in [1.54, 1.807) is 13.8 Å². The molecule has 0 saturated carbocycles. The first kappa shape index (κ1) is 16.7. The van der Waals surface area contributed by atoms with Gasteiger partial charge in [-0.1, -0.05) is 11.6 Å². The zero-order valence-electron chi connectivity index (χ0n) is 11.5. The molecule has 1 rings (SSSR count). The maximum atomic E-state index is 12.6. The topological polar surface area (TPSA) is 89.7 Å². The smallest absolute Gasteiger partial charge is 0.321 e. The zero-order chi connectivity index (χ0) is 15.5. The molecule has 0 aliphatic carbocycles. The summed E-state index contributed by atoms with van der Waals surface area (Å²) in [7, 11) is -2.71. The highest BCUT2D eigenvalue weighted by Gasteiger charge is 2.31. The zero-order valence-corrected chi connectivity index (χ0v) is 13.0. The van der Waals surface area contributed by atoms with Crippen molar-refractivity contribution in [2.24, 2.45) is 0 Å². The van der Waals surface area contributed by atoms with E-state index in [1.807, 2.05) is 0 Å². The highest BCUT2D eigenvalue weighted by molar-refractivity contribution is 7.89. The third-order valence-corrected chi connectivity index (χ3v) is 5.14. The van der Waals surface area contributed by atoms with Gasteiger partial charge in [0.15, 0.2) is 0 Å². The Morgan fingerprint density at radius 2 is 2.05 bits per heavy atom. The van der Waals surface area contributed by atoms with E-state index in [-0.39, 0.29) is 16.5 Å². The molecule has 1 aromatic carbocycles. The number of hydrogen-bond donors (Lipinski definition) is 1. The molecule has 112 valence electrons. The van der Waals surface area contributed by atoms with Gasteiger partial charge in [-0.05, 0) is 32.0 Å². The van der Waals surface area contributed by atoms with Crippen LogP contribution in [0, 0.1) is 0 Å². The Morgan fingerprint density at radius 3 is 2.50 bits per heavy atom. The van der Waals surface area contributed by atoms with Gasteiger partial charge in [0.1, 0.15) is 11.4 Å². The number of nitrogens with two attached hydrogens (primary N) is 1. The number of esters is 1. The van der Waals surface area contributed by atoms with Crippen molar-refractivity contribution in [3.05, 3.63) is 23.2 Å². The molecular weight excluding hydrogens is 304 g/mol. The summed E-state index contributed by atoms with van der Waals surface area (Å²) in [5.41, 5.74) is 5.90. The Bertz CT molecular complexity index is 601. The molecule has 0 bridgehead atoms. The normalized spacial score (nSPS) is 11.9. The predicted octanol–water partition coefficient (Wildman–Crippen LogP) is 1.49. The van der Waals surface area contributed by atoms with E-state index >= 15 is 0 Å². The molecule has 0 saturated heterocycles. The van der Waals surface area contributed by atoms with Gasteiger partial charge >= 0.3 is 5.97 Å². The van der Waals surface area contributed by atoms with E-state index in [0.29, 0.717) is 5.69 Å². The SMILES string of the molecule is COC(=O)CN(C(C)C)S(=O)(=O)c1ccc(N)cc1Cl. The molecule has 20 heavy (non-hydrogen) atoms.